The number of para-hydroxylation sites is 1. The van der Waals surface area contributed by atoms with E-state index in [0.717, 1.165) is 13.0 Å². The van der Waals surface area contributed by atoms with E-state index in [4.69, 9.17) is 5.73 Å². The van der Waals surface area contributed by atoms with E-state index in [1.54, 1.807) is 0 Å². The number of amides is 1. The predicted molar refractivity (Wildman–Crippen MR) is 66.4 cm³/mol. The highest BCUT2D eigenvalue weighted by atomic mass is 16.1. The first-order valence-electron chi connectivity index (χ1n) is 5.47. The molecule has 3 N–H and O–H groups in total. The van der Waals surface area contributed by atoms with Crippen LogP contribution >= 0.6 is 0 Å². The molecule has 1 aromatic carbocycles. The van der Waals surface area contributed by atoms with E-state index in [1.165, 1.54) is 5.69 Å². The van der Waals surface area contributed by atoms with E-state index in [1.807, 2.05) is 25.2 Å². The van der Waals surface area contributed by atoms with Gasteiger partial charge in [-0.1, -0.05) is 18.2 Å². The van der Waals surface area contributed by atoms with Crippen LogP contribution in [0.5, 0.6) is 0 Å². The Morgan fingerprint density at radius 1 is 1.38 bits per heavy atom. The molecule has 0 aromatic heterocycles. The second-order valence-electron chi connectivity index (χ2n) is 3.66. The number of nitrogens with zero attached hydrogens (tertiary/aromatic N) is 1. The molecule has 16 heavy (non-hydrogen) atoms. The molecule has 1 amide bonds. The van der Waals surface area contributed by atoms with Crippen molar-refractivity contribution >= 4 is 11.6 Å². The zero-order valence-electron chi connectivity index (χ0n) is 9.65. The van der Waals surface area contributed by atoms with Crippen LogP contribution in [0.15, 0.2) is 30.3 Å². The van der Waals surface area contributed by atoms with Crippen LogP contribution in [0.1, 0.15) is 6.42 Å². The lowest BCUT2D eigenvalue weighted by molar-refractivity contribution is -0.119. The normalized spacial score (nSPS) is 9.88. The van der Waals surface area contributed by atoms with Crippen LogP contribution < -0.4 is 16.0 Å². The molecule has 0 heterocycles. The third-order valence-corrected chi connectivity index (χ3v) is 2.37. The summed E-state index contributed by atoms with van der Waals surface area (Å²) >= 11 is 0. The van der Waals surface area contributed by atoms with Crippen LogP contribution in [0.4, 0.5) is 5.69 Å². The molecule has 0 radical (unpaired) electrons. The minimum atomic E-state index is -0.0950. The van der Waals surface area contributed by atoms with Gasteiger partial charge in [0.05, 0.1) is 6.54 Å². The number of carbonyl (C=O) groups excluding carboxylic acids is 1. The van der Waals surface area contributed by atoms with Crippen molar-refractivity contribution in [2.45, 2.75) is 6.42 Å². The molecule has 0 unspecified atom stereocenters. The topological polar surface area (TPSA) is 58.4 Å². The summed E-state index contributed by atoms with van der Waals surface area (Å²) in [5.74, 6) is -0.0950. The van der Waals surface area contributed by atoms with Crippen LogP contribution in [0.25, 0.3) is 0 Å². The molecule has 1 rings (SSSR count). The van der Waals surface area contributed by atoms with Crippen molar-refractivity contribution in [3.05, 3.63) is 30.3 Å². The lowest BCUT2D eigenvalue weighted by atomic mass is 10.3. The van der Waals surface area contributed by atoms with Gasteiger partial charge in [-0.25, -0.2) is 0 Å². The minimum absolute atomic E-state index is 0.0640. The molecule has 0 bridgehead atoms. The molecule has 0 aliphatic rings. The number of rotatable bonds is 6. The third-order valence-electron chi connectivity index (χ3n) is 2.37. The summed E-state index contributed by atoms with van der Waals surface area (Å²) in [6.07, 6.45) is 0.914. The maximum atomic E-state index is 10.9. The first kappa shape index (κ1) is 12.5. The Morgan fingerprint density at radius 2 is 2.06 bits per heavy atom. The number of benzene rings is 1. The van der Waals surface area contributed by atoms with E-state index < -0.39 is 0 Å². The fraction of sp³-hybridized carbons (Fsp3) is 0.417. The van der Waals surface area contributed by atoms with E-state index in [0.29, 0.717) is 6.54 Å². The lowest BCUT2D eigenvalue weighted by Gasteiger charge is -2.19. The van der Waals surface area contributed by atoms with Crippen LogP contribution in [0.3, 0.4) is 0 Å². The second kappa shape index (κ2) is 6.85. The molecular weight excluding hydrogens is 202 g/mol. The summed E-state index contributed by atoms with van der Waals surface area (Å²) < 4.78 is 0. The lowest BCUT2D eigenvalue weighted by Crippen LogP contribution is -2.32. The van der Waals surface area contributed by atoms with Crippen LogP contribution in [0, 0.1) is 0 Å². The molecular formula is C12H19N3O. The largest absolute Gasteiger partial charge is 0.375 e. The minimum Gasteiger partial charge on any atom is -0.375 e. The molecule has 4 heteroatoms. The summed E-state index contributed by atoms with van der Waals surface area (Å²) in [5.41, 5.74) is 6.37. The Hall–Kier alpha value is -1.55. The first-order chi connectivity index (χ1) is 7.74. The van der Waals surface area contributed by atoms with Gasteiger partial charge in [-0.15, -0.1) is 0 Å². The maximum Gasteiger partial charge on any atom is 0.233 e. The summed E-state index contributed by atoms with van der Waals surface area (Å²) in [5, 5.41) is 2.75. The molecule has 0 atom stereocenters. The molecule has 0 aliphatic carbocycles. The summed E-state index contributed by atoms with van der Waals surface area (Å²) in [4.78, 5) is 13.0. The van der Waals surface area contributed by atoms with E-state index in [9.17, 15) is 4.79 Å². The highest BCUT2D eigenvalue weighted by Gasteiger charge is 2.00. The van der Waals surface area contributed by atoms with Crippen molar-refractivity contribution in [1.82, 2.24) is 5.32 Å². The van der Waals surface area contributed by atoms with Gasteiger partial charge < -0.3 is 16.0 Å². The van der Waals surface area contributed by atoms with Gasteiger partial charge in [-0.3, -0.25) is 4.79 Å². The third kappa shape index (κ3) is 4.31. The molecule has 0 saturated carbocycles. The Kier molecular flexibility index (Phi) is 5.36. The molecule has 0 spiro atoms. The monoisotopic (exact) mass is 221 g/mol. The fourth-order valence-corrected chi connectivity index (χ4v) is 1.43. The molecule has 4 nitrogen and oxygen atoms in total. The Morgan fingerprint density at radius 3 is 2.69 bits per heavy atom. The smallest absolute Gasteiger partial charge is 0.233 e. The number of hydrogen-bond acceptors (Lipinski definition) is 3. The van der Waals surface area contributed by atoms with Gasteiger partial charge in [0.1, 0.15) is 0 Å². The van der Waals surface area contributed by atoms with Gasteiger partial charge in [-0.2, -0.15) is 0 Å². The van der Waals surface area contributed by atoms with Gasteiger partial charge >= 0.3 is 0 Å². The molecule has 0 aliphatic heterocycles. The number of hydrogen-bond donors (Lipinski definition) is 2. The number of nitrogens with two attached hydrogens (primary N) is 1. The van der Waals surface area contributed by atoms with Crippen molar-refractivity contribution in [1.29, 1.82) is 0 Å². The maximum absolute atomic E-state index is 10.9. The van der Waals surface area contributed by atoms with Gasteiger partial charge in [0.15, 0.2) is 0 Å². The molecule has 1 aromatic rings. The standard InChI is InChI=1S/C12H19N3O/c1-15(11-6-3-2-4-7-11)9-5-8-14-12(16)10-13/h2-4,6-7H,5,8-10,13H2,1H3,(H,14,16). The number of nitrogens with one attached hydrogen (secondary N) is 1. The Balaban J connectivity index is 2.21. The van der Waals surface area contributed by atoms with Gasteiger partial charge in [0, 0.05) is 25.8 Å². The predicted octanol–water partition coefficient (Wildman–Crippen LogP) is 0.588. The first-order valence-corrected chi connectivity index (χ1v) is 5.47. The van der Waals surface area contributed by atoms with Crippen LogP contribution in [0.2, 0.25) is 0 Å². The molecule has 88 valence electrons. The van der Waals surface area contributed by atoms with Crippen LogP contribution in [-0.2, 0) is 4.79 Å². The van der Waals surface area contributed by atoms with E-state index >= 15 is 0 Å². The molecule has 0 fully saturated rings. The summed E-state index contributed by atoms with van der Waals surface area (Å²) in [7, 11) is 2.04. The van der Waals surface area contributed by atoms with Crippen molar-refractivity contribution in [2.75, 3.05) is 31.6 Å². The van der Waals surface area contributed by atoms with Gasteiger partial charge in [-0.05, 0) is 18.6 Å². The van der Waals surface area contributed by atoms with Crippen molar-refractivity contribution in [3.8, 4) is 0 Å². The summed E-state index contributed by atoms with van der Waals surface area (Å²) in [6.45, 7) is 1.65. The zero-order valence-corrected chi connectivity index (χ0v) is 9.65. The molecule has 0 saturated heterocycles. The zero-order chi connectivity index (χ0) is 11.8. The fourth-order valence-electron chi connectivity index (χ4n) is 1.43. The highest BCUT2D eigenvalue weighted by Crippen LogP contribution is 2.10. The van der Waals surface area contributed by atoms with Crippen molar-refractivity contribution in [3.63, 3.8) is 0 Å². The Labute approximate surface area is 96.4 Å². The highest BCUT2D eigenvalue weighted by molar-refractivity contribution is 5.77. The second-order valence-corrected chi connectivity index (χ2v) is 3.66. The van der Waals surface area contributed by atoms with Gasteiger partial charge in [0.2, 0.25) is 5.91 Å². The SMILES string of the molecule is CN(CCCNC(=O)CN)c1ccccc1. The quantitative estimate of drug-likeness (QED) is 0.691. The number of anilines is 1. The van der Waals surface area contributed by atoms with E-state index in [2.05, 4.69) is 22.3 Å². The summed E-state index contributed by atoms with van der Waals surface area (Å²) in [6, 6.07) is 10.2. The van der Waals surface area contributed by atoms with Crippen LogP contribution in [-0.4, -0.2) is 32.6 Å². The Bertz CT molecular complexity index is 313. The average molecular weight is 221 g/mol. The number of carbonyl (C=O) groups is 1. The van der Waals surface area contributed by atoms with Gasteiger partial charge in [0.25, 0.3) is 0 Å². The van der Waals surface area contributed by atoms with E-state index in [-0.39, 0.29) is 12.5 Å². The average Bonchev–Trinajstić information content (AvgIpc) is 2.35. The van der Waals surface area contributed by atoms with Crippen molar-refractivity contribution < 1.29 is 4.79 Å². The van der Waals surface area contributed by atoms with Crippen molar-refractivity contribution in [2.24, 2.45) is 5.73 Å².